The summed E-state index contributed by atoms with van der Waals surface area (Å²) in [6.45, 7) is 4.41. The Morgan fingerprint density at radius 2 is 1.39 bits per heavy atom. The molecule has 0 heterocycles. The molecule has 6 nitrogen and oxygen atoms in total. The largest absolute Gasteiger partial charge is 0.441 e. The van der Waals surface area contributed by atoms with Gasteiger partial charge in [-0.15, -0.1) is 0 Å². The number of hydrogen-bond donors (Lipinski definition) is 2. The van der Waals surface area contributed by atoms with Crippen molar-refractivity contribution in [2.75, 3.05) is 12.3 Å². The summed E-state index contributed by atoms with van der Waals surface area (Å²) in [7, 11) is -4.01. The van der Waals surface area contributed by atoms with Crippen LogP contribution >= 0.6 is 0 Å². The van der Waals surface area contributed by atoms with E-state index in [1.807, 2.05) is 31.2 Å². The summed E-state index contributed by atoms with van der Waals surface area (Å²) in [6.07, 6.45) is 15.4. The van der Waals surface area contributed by atoms with Crippen LogP contribution in [0.2, 0.25) is 0 Å². The standard InChI is InChI=1S/C26H45NO5S/c1-3-4-5-6-7-8-9-10-11-12-13-14-16-25(24-19-17-23(2)18-20-24)32-26(28)27-21-15-22-33(29,30)31/h17-20,25H,3-16,21-22H2,1-2H3,(H,27,28)(H,29,30,31). The quantitative estimate of drug-likeness (QED) is 0.161. The van der Waals surface area contributed by atoms with Crippen LogP contribution < -0.4 is 5.32 Å². The molecule has 190 valence electrons. The minimum Gasteiger partial charge on any atom is -0.441 e. The van der Waals surface area contributed by atoms with Crippen molar-refractivity contribution in [3.8, 4) is 0 Å². The van der Waals surface area contributed by atoms with Crippen molar-refractivity contribution in [1.29, 1.82) is 0 Å². The molecule has 1 amide bonds. The third-order valence-electron chi connectivity index (χ3n) is 5.87. The number of rotatable bonds is 19. The molecule has 7 heteroatoms. The van der Waals surface area contributed by atoms with E-state index in [1.165, 1.54) is 64.2 Å². The van der Waals surface area contributed by atoms with Crippen molar-refractivity contribution < 1.29 is 22.5 Å². The van der Waals surface area contributed by atoms with Gasteiger partial charge in [0.25, 0.3) is 10.1 Å². The molecular formula is C26H45NO5S. The van der Waals surface area contributed by atoms with Crippen molar-refractivity contribution in [3.05, 3.63) is 35.4 Å². The fourth-order valence-electron chi connectivity index (χ4n) is 3.86. The van der Waals surface area contributed by atoms with Gasteiger partial charge in [0.05, 0.1) is 5.75 Å². The van der Waals surface area contributed by atoms with Crippen LogP contribution in [0, 0.1) is 6.92 Å². The first-order chi connectivity index (χ1) is 15.8. The van der Waals surface area contributed by atoms with Crippen molar-refractivity contribution in [3.63, 3.8) is 0 Å². The van der Waals surface area contributed by atoms with E-state index in [4.69, 9.17) is 9.29 Å². The number of unbranched alkanes of at least 4 members (excludes halogenated alkanes) is 11. The molecule has 0 saturated carbocycles. The first kappa shape index (κ1) is 29.4. The lowest BCUT2D eigenvalue weighted by molar-refractivity contribution is 0.0908. The normalized spacial score (nSPS) is 12.5. The van der Waals surface area contributed by atoms with Crippen LogP contribution in [0.1, 0.15) is 114 Å². The van der Waals surface area contributed by atoms with Crippen LogP contribution in [-0.2, 0) is 14.9 Å². The van der Waals surface area contributed by atoms with Gasteiger partial charge in [0.1, 0.15) is 6.10 Å². The first-order valence-corrected chi connectivity index (χ1v) is 14.4. The maximum atomic E-state index is 12.2. The summed E-state index contributed by atoms with van der Waals surface area (Å²) >= 11 is 0. The minimum absolute atomic E-state index is 0.137. The number of amides is 1. The second kappa shape index (κ2) is 17.8. The van der Waals surface area contributed by atoms with Gasteiger partial charge in [-0.25, -0.2) is 4.79 Å². The molecule has 1 aromatic rings. The van der Waals surface area contributed by atoms with E-state index >= 15 is 0 Å². The van der Waals surface area contributed by atoms with E-state index in [1.54, 1.807) is 0 Å². The highest BCUT2D eigenvalue weighted by molar-refractivity contribution is 7.85. The monoisotopic (exact) mass is 483 g/mol. The molecule has 1 rings (SSSR count). The third-order valence-corrected chi connectivity index (χ3v) is 6.67. The molecule has 0 aliphatic rings. The molecule has 1 atom stereocenters. The molecule has 0 aromatic heterocycles. The van der Waals surface area contributed by atoms with E-state index in [-0.39, 0.29) is 24.8 Å². The highest BCUT2D eigenvalue weighted by atomic mass is 32.2. The topological polar surface area (TPSA) is 92.7 Å². The molecule has 0 spiro atoms. The molecular weight excluding hydrogens is 438 g/mol. The SMILES string of the molecule is CCCCCCCCCCCCCCC(OC(=O)NCCCS(=O)(=O)O)c1ccc(C)cc1. The van der Waals surface area contributed by atoms with E-state index in [2.05, 4.69) is 12.2 Å². The maximum Gasteiger partial charge on any atom is 0.407 e. The van der Waals surface area contributed by atoms with Gasteiger partial charge in [-0.1, -0.05) is 107 Å². The average Bonchev–Trinajstić information content (AvgIpc) is 2.76. The van der Waals surface area contributed by atoms with Crippen molar-refractivity contribution in [2.24, 2.45) is 0 Å². The number of ether oxygens (including phenoxy) is 1. The lowest BCUT2D eigenvalue weighted by atomic mass is 10.0. The number of alkyl carbamates (subject to hydrolysis) is 1. The molecule has 0 saturated heterocycles. The zero-order valence-electron chi connectivity index (χ0n) is 20.7. The van der Waals surface area contributed by atoms with Gasteiger partial charge in [0.2, 0.25) is 0 Å². The highest BCUT2D eigenvalue weighted by Crippen LogP contribution is 2.25. The Labute approximate surface area is 201 Å². The van der Waals surface area contributed by atoms with Gasteiger partial charge in [0, 0.05) is 6.54 Å². The summed E-state index contributed by atoms with van der Waals surface area (Å²) in [4.78, 5) is 12.2. The number of nitrogens with one attached hydrogen (secondary N) is 1. The second-order valence-corrected chi connectivity index (χ2v) is 10.6. The lowest BCUT2D eigenvalue weighted by Gasteiger charge is -2.19. The fraction of sp³-hybridized carbons (Fsp3) is 0.731. The molecule has 33 heavy (non-hydrogen) atoms. The van der Waals surface area contributed by atoms with Gasteiger partial charge in [0.15, 0.2) is 0 Å². The first-order valence-electron chi connectivity index (χ1n) is 12.8. The van der Waals surface area contributed by atoms with E-state index in [0.29, 0.717) is 0 Å². The van der Waals surface area contributed by atoms with Crippen LogP contribution in [0.25, 0.3) is 0 Å². The lowest BCUT2D eigenvalue weighted by Crippen LogP contribution is -2.28. The molecule has 0 fully saturated rings. The van der Waals surface area contributed by atoms with Crippen molar-refractivity contribution in [1.82, 2.24) is 5.32 Å². The number of aryl methyl sites for hydroxylation is 1. The molecule has 0 aliphatic heterocycles. The van der Waals surface area contributed by atoms with Gasteiger partial charge in [-0.3, -0.25) is 4.55 Å². The van der Waals surface area contributed by atoms with Crippen LogP contribution in [0.4, 0.5) is 4.79 Å². The van der Waals surface area contributed by atoms with Gasteiger partial charge < -0.3 is 10.1 Å². The Balaban J connectivity index is 2.29. The summed E-state index contributed by atoms with van der Waals surface area (Å²) in [5.41, 5.74) is 2.12. The fourth-order valence-corrected chi connectivity index (χ4v) is 4.37. The third kappa shape index (κ3) is 16.6. The zero-order valence-corrected chi connectivity index (χ0v) is 21.5. The molecule has 2 N–H and O–H groups in total. The summed E-state index contributed by atoms with van der Waals surface area (Å²) < 4.78 is 36.0. The van der Waals surface area contributed by atoms with Crippen LogP contribution in [-0.4, -0.2) is 31.4 Å². The smallest absolute Gasteiger partial charge is 0.407 e. The summed E-state index contributed by atoms with van der Waals surface area (Å²) in [5.74, 6) is -0.381. The zero-order chi connectivity index (χ0) is 24.4. The summed E-state index contributed by atoms with van der Waals surface area (Å²) in [6, 6.07) is 8.01. The Hall–Kier alpha value is -1.60. The van der Waals surface area contributed by atoms with E-state index < -0.39 is 16.2 Å². The Morgan fingerprint density at radius 3 is 1.91 bits per heavy atom. The second-order valence-electron chi connectivity index (χ2n) is 9.05. The molecule has 1 aromatic carbocycles. The van der Waals surface area contributed by atoms with E-state index in [9.17, 15) is 13.2 Å². The number of carbonyl (C=O) groups excluding carboxylic acids is 1. The van der Waals surface area contributed by atoms with Crippen LogP contribution in [0.15, 0.2) is 24.3 Å². The summed E-state index contributed by atoms with van der Waals surface area (Å²) in [5, 5.41) is 2.58. The Morgan fingerprint density at radius 1 is 0.879 bits per heavy atom. The predicted molar refractivity (Wildman–Crippen MR) is 135 cm³/mol. The van der Waals surface area contributed by atoms with Gasteiger partial charge in [-0.05, 0) is 31.7 Å². The Kier molecular flexibility index (Phi) is 15.9. The van der Waals surface area contributed by atoms with E-state index in [0.717, 1.165) is 30.4 Å². The maximum absolute atomic E-state index is 12.2. The molecule has 0 aliphatic carbocycles. The van der Waals surface area contributed by atoms with Gasteiger partial charge >= 0.3 is 6.09 Å². The predicted octanol–water partition coefficient (Wildman–Crippen LogP) is 7.13. The molecule has 0 radical (unpaired) electrons. The Bertz CT molecular complexity index is 734. The number of carbonyl (C=O) groups is 1. The van der Waals surface area contributed by atoms with Crippen molar-refractivity contribution >= 4 is 16.2 Å². The van der Waals surface area contributed by atoms with Gasteiger partial charge in [-0.2, -0.15) is 8.42 Å². The van der Waals surface area contributed by atoms with Crippen molar-refractivity contribution in [2.45, 2.75) is 110 Å². The average molecular weight is 484 g/mol. The highest BCUT2D eigenvalue weighted by Gasteiger charge is 2.16. The van der Waals surface area contributed by atoms with Crippen LogP contribution in [0.5, 0.6) is 0 Å². The number of benzene rings is 1. The minimum atomic E-state index is -4.01. The number of hydrogen-bond acceptors (Lipinski definition) is 4. The molecule has 1 unspecified atom stereocenters. The van der Waals surface area contributed by atoms with Crippen LogP contribution in [0.3, 0.4) is 0 Å². The molecule has 0 bridgehead atoms.